The number of benzene rings is 1. The summed E-state index contributed by atoms with van der Waals surface area (Å²) in [7, 11) is 0. The molecule has 2 heterocycles. The number of aliphatic hydroxyl groups is 1. The highest BCUT2D eigenvalue weighted by molar-refractivity contribution is 6.33. The predicted molar refractivity (Wildman–Crippen MR) is 135 cm³/mol. The SMILES string of the molecule is N#Cc1ccc(N2CCN(c3cccc(C(=O)N[C@H]4C5CC6CC4C[C@](O)(C6)C5)n3)CC2)c(Cl)c1. The van der Waals surface area contributed by atoms with Crippen LogP contribution < -0.4 is 15.1 Å². The number of nitriles is 1. The van der Waals surface area contributed by atoms with Crippen LogP contribution in [0.5, 0.6) is 0 Å². The van der Waals surface area contributed by atoms with Crippen LogP contribution in [0.15, 0.2) is 36.4 Å². The molecule has 0 radical (unpaired) electrons. The van der Waals surface area contributed by atoms with E-state index in [4.69, 9.17) is 21.8 Å². The van der Waals surface area contributed by atoms with Crippen molar-refractivity contribution in [2.24, 2.45) is 17.8 Å². The number of anilines is 2. The third kappa shape index (κ3) is 4.23. The standard InChI is InChI=1S/C27H30ClN5O2/c28-21-12-17(16-29)4-5-23(21)32-6-8-33(9-7-32)24-3-1-2-22(30-24)26(34)31-25-19-10-18-11-20(25)15-27(35,13-18)14-19/h1-5,12,18-20,25,35H,6-11,13-15H2,(H,31,34)/t18?,19?,20?,25-,27-. The summed E-state index contributed by atoms with van der Waals surface area (Å²) in [6, 6.07) is 13.3. The first-order chi connectivity index (χ1) is 16.9. The normalized spacial score (nSPS) is 31.3. The van der Waals surface area contributed by atoms with Gasteiger partial charge >= 0.3 is 0 Å². The summed E-state index contributed by atoms with van der Waals surface area (Å²) in [4.78, 5) is 22.3. The molecule has 182 valence electrons. The number of piperazine rings is 1. The van der Waals surface area contributed by atoms with Gasteiger partial charge in [0.1, 0.15) is 11.5 Å². The van der Waals surface area contributed by atoms with Crippen molar-refractivity contribution in [2.75, 3.05) is 36.0 Å². The summed E-state index contributed by atoms with van der Waals surface area (Å²) < 4.78 is 0. The van der Waals surface area contributed by atoms with Crippen molar-refractivity contribution in [3.05, 3.63) is 52.7 Å². The van der Waals surface area contributed by atoms with E-state index < -0.39 is 5.60 Å². The Bertz CT molecular complexity index is 1170. The van der Waals surface area contributed by atoms with Crippen molar-refractivity contribution in [3.8, 4) is 6.07 Å². The molecule has 2 unspecified atom stereocenters. The fraction of sp³-hybridized carbons (Fsp3) is 0.519. The first-order valence-corrected chi connectivity index (χ1v) is 13.0. The van der Waals surface area contributed by atoms with Gasteiger partial charge in [-0.25, -0.2) is 4.98 Å². The van der Waals surface area contributed by atoms with Crippen LogP contribution in [0.1, 0.15) is 48.2 Å². The van der Waals surface area contributed by atoms with Crippen LogP contribution in [-0.2, 0) is 0 Å². The molecule has 4 bridgehead atoms. The van der Waals surface area contributed by atoms with Crippen LogP contribution in [-0.4, -0.2) is 53.8 Å². The van der Waals surface area contributed by atoms with E-state index in [0.29, 0.717) is 34.0 Å². The van der Waals surface area contributed by atoms with E-state index in [1.54, 1.807) is 18.2 Å². The lowest BCUT2D eigenvalue weighted by Crippen LogP contribution is -2.61. The van der Waals surface area contributed by atoms with Gasteiger partial charge in [0.05, 0.1) is 27.9 Å². The van der Waals surface area contributed by atoms with E-state index in [9.17, 15) is 9.90 Å². The highest BCUT2D eigenvalue weighted by atomic mass is 35.5. The molecular weight excluding hydrogens is 462 g/mol. The first kappa shape index (κ1) is 22.6. The average Bonchev–Trinajstić information content (AvgIpc) is 2.85. The maximum atomic E-state index is 13.2. The fourth-order valence-corrected chi connectivity index (χ4v) is 7.48. The lowest BCUT2D eigenvalue weighted by molar-refractivity contribution is -0.136. The molecule has 1 saturated heterocycles. The van der Waals surface area contributed by atoms with E-state index in [0.717, 1.165) is 69.8 Å². The Hall–Kier alpha value is -2.82. The van der Waals surface area contributed by atoms with Crippen LogP contribution in [0.4, 0.5) is 11.5 Å². The Morgan fingerprint density at radius 2 is 1.80 bits per heavy atom. The van der Waals surface area contributed by atoms with Crippen molar-refractivity contribution in [1.82, 2.24) is 10.3 Å². The maximum absolute atomic E-state index is 13.2. The second kappa shape index (κ2) is 8.69. The quantitative estimate of drug-likeness (QED) is 0.678. The molecule has 1 aromatic carbocycles. The van der Waals surface area contributed by atoms with E-state index in [2.05, 4.69) is 21.2 Å². The molecule has 1 aromatic heterocycles. The number of aromatic nitrogens is 1. The zero-order valence-corrected chi connectivity index (χ0v) is 20.4. The Morgan fingerprint density at radius 1 is 1.09 bits per heavy atom. The van der Waals surface area contributed by atoms with Crippen molar-refractivity contribution in [3.63, 3.8) is 0 Å². The van der Waals surface area contributed by atoms with Crippen molar-refractivity contribution in [2.45, 2.75) is 43.7 Å². The van der Waals surface area contributed by atoms with Gasteiger partial charge in [-0.2, -0.15) is 5.26 Å². The van der Waals surface area contributed by atoms with Crippen molar-refractivity contribution >= 4 is 29.0 Å². The molecule has 4 aliphatic carbocycles. The van der Waals surface area contributed by atoms with E-state index in [-0.39, 0.29) is 11.9 Å². The second-order valence-corrected chi connectivity index (χ2v) is 11.2. The molecule has 0 spiro atoms. The highest BCUT2D eigenvalue weighted by Gasteiger charge is 2.55. The first-order valence-electron chi connectivity index (χ1n) is 12.6. The van der Waals surface area contributed by atoms with Gasteiger partial charge in [-0.05, 0) is 80.2 Å². The molecule has 2 N–H and O–H groups in total. The highest BCUT2D eigenvalue weighted by Crippen LogP contribution is 2.55. The Kier molecular flexibility index (Phi) is 5.62. The molecule has 8 heteroatoms. The van der Waals surface area contributed by atoms with Gasteiger partial charge in [-0.3, -0.25) is 4.79 Å². The molecule has 1 amide bonds. The van der Waals surface area contributed by atoms with Gasteiger partial charge in [0.2, 0.25) is 0 Å². The smallest absolute Gasteiger partial charge is 0.270 e. The number of hydrogen-bond donors (Lipinski definition) is 2. The summed E-state index contributed by atoms with van der Waals surface area (Å²) in [5.41, 5.74) is 1.44. The summed E-state index contributed by atoms with van der Waals surface area (Å²) >= 11 is 6.41. The summed E-state index contributed by atoms with van der Waals surface area (Å²) in [6.07, 6.45) is 4.79. The second-order valence-electron chi connectivity index (χ2n) is 10.8. The summed E-state index contributed by atoms with van der Waals surface area (Å²) in [5, 5.41) is 23.8. The van der Waals surface area contributed by atoms with E-state index in [1.165, 1.54) is 0 Å². The van der Waals surface area contributed by atoms with Gasteiger partial charge in [-0.15, -0.1) is 0 Å². The number of halogens is 1. The van der Waals surface area contributed by atoms with Crippen LogP contribution in [0, 0.1) is 29.1 Å². The molecule has 2 aromatic rings. The van der Waals surface area contributed by atoms with Crippen LogP contribution in [0.25, 0.3) is 0 Å². The number of nitrogens with zero attached hydrogens (tertiary/aromatic N) is 4. The minimum atomic E-state index is -0.500. The Morgan fingerprint density at radius 3 is 2.46 bits per heavy atom. The van der Waals surface area contributed by atoms with E-state index in [1.807, 2.05) is 18.2 Å². The number of nitrogens with one attached hydrogen (secondary N) is 1. The van der Waals surface area contributed by atoms with Gasteiger partial charge in [-0.1, -0.05) is 17.7 Å². The summed E-state index contributed by atoms with van der Waals surface area (Å²) in [5.74, 6) is 2.06. The molecule has 2 atom stereocenters. The van der Waals surface area contributed by atoms with Crippen LogP contribution >= 0.6 is 11.6 Å². The topological polar surface area (TPSA) is 92.5 Å². The number of amides is 1. The van der Waals surface area contributed by atoms with E-state index >= 15 is 0 Å². The molecular formula is C27H30ClN5O2. The number of hydrogen-bond acceptors (Lipinski definition) is 6. The predicted octanol–water partition coefficient (Wildman–Crippen LogP) is 3.60. The Labute approximate surface area is 210 Å². The monoisotopic (exact) mass is 491 g/mol. The number of pyridine rings is 1. The molecule has 5 aliphatic rings. The van der Waals surface area contributed by atoms with Gasteiger partial charge in [0.15, 0.2) is 0 Å². The Balaban J connectivity index is 1.10. The third-order valence-electron chi connectivity index (χ3n) is 8.53. The fourth-order valence-electron chi connectivity index (χ4n) is 7.18. The molecule has 7 nitrogen and oxygen atoms in total. The lowest BCUT2D eigenvalue weighted by atomic mass is 9.52. The molecule has 1 aliphatic heterocycles. The zero-order chi connectivity index (χ0) is 24.2. The molecule has 4 saturated carbocycles. The van der Waals surface area contributed by atoms with Crippen molar-refractivity contribution < 1.29 is 9.90 Å². The van der Waals surface area contributed by atoms with Gasteiger partial charge in [0, 0.05) is 32.2 Å². The maximum Gasteiger partial charge on any atom is 0.270 e. The van der Waals surface area contributed by atoms with Crippen LogP contribution in [0.3, 0.4) is 0 Å². The third-order valence-corrected chi connectivity index (χ3v) is 8.83. The largest absolute Gasteiger partial charge is 0.390 e. The average molecular weight is 492 g/mol. The van der Waals surface area contributed by atoms with Crippen molar-refractivity contribution in [1.29, 1.82) is 5.26 Å². The minimum Gasteiger partial charge on any atom is -0.390 e. The molecule has 5 fully saturated rings. The summed E-state index contributed by atoms with van der Waals surface area (Å²) in [6.45, 7) is 3.08. The number of carbonyl (C=O) groups excluding carboxylic acids is 1. The lowest BCUT2D eigenvalue weighted by Gasteiger charge is -2.58. The number of rotatable bonds is 4. The number of carbonyl (C=O) groups is 1. The molecule has 7 rings (SSSR count). The zero-order valence-electron chi connectivity index (χ0n) is 19.7. The van der Waals surface area contributed by atoms with Gasteiger partial charge in [0.25, 0.3) is 5.91 Å². The minimum absolute atomic E-state index is 0.112. The van der Waals surface area contributed by atoms with Gasteiger partial charge < -0.3 is 20.2 Å². The molecule has 35 heavy (non-hydrogen) atoms. The van der Waals surface area contributed by atoms with Crippen LogP contribution in [0.2, 0.25) is 5.02 Å².